The van der Waals surface area contributed by atoms with Gasteiger partial charge in [-0.05, 0) is 84.8 Å². The van der Waals surface area contributed by atoms with Crippen LogP contribution in [-0.2, 0) is 30.4 Å². The molecule has 17 heteroatoms. The zero-order valence-electron chi connectivity index (χ0n) is 29.0. The summed E-state index contributed by atoms with van der Waals surface area (Å²) in [6, 6.07) is 20.4. The summed E-state index contributed by atoms with van der Waals surface area (Å²) in [4.78, 5) is 65.2. The Hall–Kier alpha value is -5.71. The van der Waals surface area contributed by atoms with Crippen molar-refractivity contribution in [2.75, 3.05) is 36.4 Å². The number of rotatable bonds is 15. The Labute approximate surface area is 312 Å². The molecule has 0 unspecified atom stereocenters. The number of benzene rings is 3. The van der Waals surface area contributed by atoms with Crippen molar-refractivity contribution in [1.82, 2.24) is 31.3 Å². The van der Waals surface area contributed by atoms with Crippen molar-refractivity contribution < 1.29 is 24.0 Å². The number of tetrazole rings is 1. The molecule has 1 aliphatic rings. The van der Waals surface area contributed by atoms with Crippen LogP contribution in [0.1, 0.15) is 31.2 Å². The normalized spacial score (nSPS) is 15.7. The molecule has 1 heterocycles. The van der Waals surface area contributed by atoms with Crippen LogP contribution in [-0.4, -0.2) is 82.4 Å². The van der Waals surface area contributed by atoms with E-state index in [0.29, 0.717) is 53.6 Å². The Morgan fingerprint density at radius 1 is 0.887 bits per heavy atom. The van der Waals surface area contributed by atoms with Crippen molar-refractivity contribution in [3.8, 4) is 22.5 Å². The fourth-order valence-corrected chi connectivity index (χ4v) is 6.19. The van der Waals surface area contributed by atoms with Gasteiger partial charge in [-0.25, -0.2) is 0 Å². The molecule has 16 nitrogen and oxygen atoms in total. The lowest BCUT2D eigenvalue weighted by atomic mass is 9.81. The van der Waals surface area contributed by atoms with Crippen LogP contribution < -0.4 is 38.1 Å². The number of halogens is 1. The van der Waals surface area contributed by atoms with Crippen molar-refractivity contribution in [1.29, 1.82) is 0 Å². The average Bonchev–Trinajstić information content (AvgIpc) is 3.71. The lowest BCUT2D eigenvalue weighted by Gasteiger charge is -2.28. The summed E-state index contributed by atoms with van der Waals surface area (Å²) in [5.74, 6) is -1.73. The van der Waals surface area contributed by atoms with E-state index in [1.807, 2.05) is 24.3 Å². The van der Waals surface area contributed by atoms with Gasteiger partial charge < -0.3 is 38.1 Å². The first kappa shape index (κ1) is 40.1. The Kier molecular flexibility index (Phi) is 14.5. The minimum absolute atomic E-state index is 0. The molecule has 0 radical (unpaired) electrons. The Bertz CT molecular complexity index is 1850. The maximum atomic E-state index is 13.7. The van der Waals surface area contributed by atoms with Crippen molar-refractivity contribution in [3.63, 3.8) is 0 Å². The number of aromatic nitrogens is 4. The van der Waals surface area contributed by atoms with Crippen LogP contribution in [0.25, 0.3) is 22.5 Å². The van der Waals surface area contributed by atoms with Crippen LogP contribution in [0.15, 0.2) is 72.8 Å². The monoisotopic (exact) mass is 745 g/mol. The van der Waals surface area contributed by atoms with Gasteiger partial charge in [0.1, 0.15) is 12.6 Å². The molecule has 3 aromatic carbocycles. The number of hydrogen-bond acceptors (Lipinski definition) is 10. The molecule has 280 valence electrons. The second-order valence-electron chi connectivity index (χ2n) is 12.7. The van der Waals surface area contributed by atoms with E-state index in [1.165, 1.54) is 4.90 Å². The highest BCUT2D eigenvalue weighted by Gasteiger charge is 2.30. The minimum Gasteiger partial charge on any atom is -0.368 e. The highest BCUT2D eigenvalue weighted by Crippen LogP contribution is 2.32. The predicted molar refractivity (Wildman–Crippen MR) is 201 cm³/mol. The molecule has 5 rings (SSSR count). The van der Waals surface area contributed by atoms with Gasteiger partial charge >= 0.3 is 0 Å². The van der Waals surface area contributed by atoms with E-state index < -0.39 is 30.3 Å². The molecule has 5 amide bonds. The van der Waals surface area contributed by atoms with E-state index in [-0.39, 0.29) is 49.6 Å². The molecular formula is C36H44ClN11O5. The fraction of sp³-hybridized carbons (Fsp3) is 0.333. The maximum absolute atomic E-state index is 13.7. The number of carbonyl (C=O) groups is 5. The van der Waals surface area contributed by atoms with Gasteiger partial charge in [0.05, 0.1) is 18.8 Å². The molecule has 1 fully saturated rings. The zero-order valence-corrected chi connectivity index (χ0v) is 29.8. The van der Waals surface area contributed by atoms with Gasteiger partial charge in [0.2, 0.25) is 35.4 Å². The SMILES string of the molecule is Cl.NCC(=O)NCC(=O)N(CC(N)=O)c1ccccc1-c1ccc(C[C@H](NC(=O)[C@H]2CC[C@H](CN)CC2)C(=O)Nc2ccc(-c3nn[nH]n3)cc2)cc1. The van der Waals surface area contributed by atoms with Crippen LogP contribution in [0, 0.1) is 11.8 Å². The summed E-state index contributed by atoms with van der Waals surface area (Å²) in [6.07, 6.45) is 3.36. The number of carbonyl (C=O) groups excluding carboxylic acids is 5. The number of H-pyrrole nitrogens is 1. The van der Waals surface area contributed by atoms with E-state index in [0.717, 1.165) is 24.0 Å². The third-order valence-corrected chi connectivity index (χ3v) is 9.08. The van der Waals surface area contributed by atoms with Gasteiger partial charge in [0.15, 0.2) is 0 Å². The molecule has 0 bridgehead atoms. The third-order valence-electron chi connectivity index (χ3n) is 9.08. The molecule has 10 N–H and O–H groups in total. The van der Waals surface area contributed by atoms with E-state index >= 15 is 0 Å². The van der Waals surface area contributed by atoms with Crippen molar-refractivity contribution >= 4 is 53.3 Å². The topological polar surface area (TPSA) is 257 Å². The van der Waals surface area contributed by atoms with Crippen LogP contribution in [0.5, 0.6) is 0 Å². The molecule has 1 aromatic heterocycles. The first-order chi connectivity index (χ1) is 25.1. The summed E-state index contributed by atoms with van der Waals surface area (Å²) in [7, 11) is 0. The molecule has 0 saturated heterocycles. The van der Waals surface area contributed by atoms with E-state index in [9.17, 15) is 24.0 Å². The van der Waals surface area contributed by atoms with Gasteiger partial charge in [-0.3, -0.25) is 24.0 Å². The van der Waals surface area contributed by atoms with Crippen LogP contribution in [0.4, 0.5) is 11.4 Å². The summed E-state index contributed by atoms with van der Waals surface area (Å²) < 4.78 is 0. The number of hydrogen-bond donors (Lipinski definition) is 7. The minimum atomic E-state index is -0.887. The van der Waals surface area contributed by atoms with Crippen molar-refractivity contribution in [2.24, 2.45) is 29.0 Å². The molecule has 1 saturated carbocycles. The zero-order chi connectivity index (χ0) is 37.0. The number of amides is 5. The summed E-state index contributed by atoms with van der Waals surface area (Å²) in [6.45, 7) is -0.471. The number of nitrogens with one attached hydrogen (secondary N) is 4. The molecule has 4 aromatic rings. The molecular weight excluding hydrogens is 702 g/mol. The predicted octanol–water partition coefficient (Wildman–Crippen LogP) is 1.28. The summed E-state index contributed by atoms with van der Waals surface area (Å²) >= 11 is 0. The van der Waals surface area contributed by atoms with Gasteiger partial charge in [-0.15, -0.1) is 22.6 Å². The van der Waals surface area contributed by atoms with Gasteiger partial charge in [0.25, 0.3) is 0 Å². The number of primary amides is 1. The van der Waals surface area contributed by atoms with Crippen LogP contribution in [0.2, 0.25) is 0 Å². The molecule has 1 aliphatic carbocycles. The second-order valence-corrected chi connectivity index (χ2v) is 12.7. The van der Waals surface area contributed by atoms with Gasteiger partial charge in [-0.1, -0.05) is 42.5 Å². The Balaban J connectivity index is 0.00000627. The Morgan fingerprint density at radius 2 is 1.57 bits per heavy atom. The highest BCUT2D eigenvalue weighted by atomic mass is 35.5. The maximum Gasteiger partial charge on any atom is 0.247 e. The fourth-order valence-electron chi connectivity index (χ4n) is 6.19. The third kappa shape index (κ3) is 10.9. The second kappa shape index (κ2) is 19.2. The summed E-state index contributed by atoms with van der Waals surface area (Å²) in [5, 5.41) is 22.3. The van der Waals surface area contributed by atoms with E-state index in [1.54, 1.807) is 48.5 Å². The number of nitrogens with zero attached hydrogens (tertiary/aromatic N) is 4. The van der Waals surface area contributed by atoms with Gasteiger partial charge in [-0.2, -0.15) is 5.21 Å². The van der Waals surface area contributed by atoms with E-state index in [4.69, 9.17) is 17.2 Å². The van der Waals surface area contributed by atoms with Crippen molar-refractivity contribution in [3.05, 3.63) is 78.4 Å². The lowest BCUT2D eigenvalue weighted by molar-refractivity contribution is -0.130. The average molecular weight is 746 g/mol. The number of anilines is 2. The van der Waals surface area contributed by atoms with Crippen LogP contribution >= 0.6 is 12.4 Å². The van der Waals surface area contributed by atoms with Crippen LogP contribution in [0.3, 0.4) is 0 Å². The number of aromatic amines is 1. The standard InChI is InChI=1S/C36H43N11O5.ClH/c37-18-23-7-11-26(12-8-23)35(51)42-29(36(52)41-27-15-13-25(14-16-27)34-43-45-46-44-34)17-22-5-9-24(10-6-22)28-3-1-2-4-30(28)47(21-31(39)48)33(50)20-40-32(49)19-38;/h1-6,9-10,13-16,23,26,29H,7-8,11-12,17-21,37-38H2,(H2,39,48)(H,40,49)(H,41,52)(H,42,51)(H,43,44,45,46);1H/t23-,26-,29-;/m0./s1. The molecule has 53 heavy (non-hydrogen) atoms. The first-order valence-corrected chi connectivity index (χ1v) is 17.0. The van der Waals surface area contributed by atoms with Crippen molar-refractivity contribution in [2.45, 2.75) is 38.1 Å². The van der Waals surface area contributed by atoms with Gasteiger partial charge in [0, 0.05) is 29.2 Å². The molecule has 0 spiro atoms. The van der Waals surface area contributed by atoms with E-state index in [2.05, 4.69) is 36.6 Å². The number of para-hydroxylation sites is 1. The highest BCUT2D eigenvalue weighted by molar-refractivity contribution is 6.03. The number of nitrogens with two attached hydrogens (primary N) is 3. The largest absolute Gasteiger partial charge is 0.368 e. The smallest absolute Gasteiger partial charge is 0.247 e. The quantitative estimate of drug-likeness (QED) is 0.0917. The molecule has 1 atom stereocenters. The summed E-state index contributed by atoms with van der Waals surface area (Å²) in [5.41, 5.74) is 20.5. The first-order valence-electron chi connectivity index (χ1n) is 17.0. The lowest BCUT2D eigenvalue weighted by Crippen LogP contribution is -2.48. The Morgan fingerprint density at radius 3 is 2.19 bits per heavy atom. The molecule has 0 aliphatic heterocycles.